The molecular formula is C39H58N4O4. The number of hydrogen-bond donors (Lipinski definition) is 0. The number of hydrogen-bond acceptors (Lipinski definition) is 8. The zero-order chi connectivity index (χ0) is 32.9. The number of rotatable bonds is 14. The largest absolute Gasteiger partial charge is 0.425 e. The van der Waals surface area contributed by atoms with E-state index in [2.05, 4.69) is 65.2 Å². The Morgan fingerprint density at radius 3 is 1.74 bits per heavy atom. The summed E-state index contributed by atoms with van der Waals surface area (Å²) in [7, 11) is 0. The molecule has 8 heteroatoms. The van der Waals surface area contributed by atoms with Gasteiger partial charge >= 0.3 is 11.9 Å². The van der Waals surface area contributed by atoms with Gasteiger partial charge in [0.25, 0.3) is 0 Å². The number of esters is 2. The molecule has 8 nitrogen and oxygen atoms in total. The van der Waals surface area contributed by atoms with Gasteiger partial charge in [0.05, 0.1) is 13.1 Å². The molecule has 1 aromatic rings. The van der Waals surface area contributed by atoms with E-state index >= 15 is 0 Å². The number of piperazine rings is 2. The molecule has 1 aromatic carbocycles. The highest BCUT2D eigenvalue weighted by molar-refractivity contribution is 5.78. The van der Waals surface area contributed by atoms with Crippen molar-refractivity contribution in [2.45, 2.75) is 103 Å². The van der Waals surface area contributed by atoms with Crippen molar-refractivity contribution in [3.05, 3.63) is 47.1 Å². The molecule has 3 aliphatic carbocycles. The maximum Gasteiger partial charge on any atom is 0.325 e. The van der Waals surface area contributed by atoms with Gasteiger partial charge in [-0.25, -0.2) is 0 Å². The fraction of sp³-hybridized carbons (Fsp3) is 0.692. The summed E-state index contributed by atoms with van der Waals surface area (Å²) in [5, 5.41) is 0. The predicted molar refractivity (Wildman–Crippen MR) is 187 cm³/mol. The van der Waals surface area contributed by atoms with Crippen molar-refractivity contribution >= 4 is 11.9 Å². The van der Waals surface area contributed by atoms with Gasteiger partial charge in [0, 0.05) is 75.9 Å². The van der Waals surface area contributed by atoms with Crippen LogP contribution in [0.4, 0.5) is 0 Å². The van der Waals surface area contributed by atoms with Crippen LogP contribution in [0.15, 0.2) is 35.9 Å². The maximum atomic E-state index is 13.6. The van der Waals surface area contributed by atoms with Crippen LogP contribution in [0.2, 0.25) is 0 Å². The van der Waals surface area contributed by atoms with Gasteiger partial charge in [0.2, 0.25) is 0 Å². The Hall–Kier alpha value is -2.52. The molecule has 2 saturated carbocycles. The monoisotopic (exact) mass is 646 g/mol. The highest BCUT2D eigenvalue weighted by atomic mass is 16.5. The molecule has 2 aliphatic heterocycles. The van der Waals surface area contributed by atoms with Gasteiger partial charge in [-0.2, -0.15) is 0 Å². The summed E-state index contributed by atoms with van der Waals surface area (Å²) in [6.45, 7) is 18.9. The highest BCUT2D eigenvalue weighted by Crippen LogP contribution is 2.47. The SMILES string of the molecule is C=C(C)[C@@H]1CCC(C)=C[C@H]1c1c(OC(=O)CN2CCN(C3CC3)CC2)cc(CCCCC)cc1OC(=O)CN1CCN(C2CC2)CC1. The van der Waals surface area contributed by atoms with E-state index in [9.17, 15) is 9.59 Å². The molecular weight excluding hydrogens is 588 g/mol. The van der Waals surface area contributed by atoms with Crippen LogP contribution in [-0.2, 0) is 16.0 Å². The van der Waals surface area contributed by atoms with Crippen molar-refractivity contribution in [3.63, 3.8) is 0 Å². The minimum atomic E-state index is -0.244. The third-order valence-electron chi connectivity index (χ3n) is 11.0. The average molecular weight is 647 g/mol. The van der Waals surface area contributed by atoms with E-state index in [1.807, 2.05) is 0 Å². The molecule has 0 spiro atoms. The topological polar surface area (TPSA) is 65.6 Å². The number of benzene rings is 1. The third kappa shape index (κ3) is 9.34. The summed E-state index contributed by atoms with van der Waals surface area (Å²) in [5.41, 5.74) is 4.26. The van der Waals surface area contributed by atoms with E-state index in [4.69, 9.17) is 9.47 Å². The summed E-state index contributed by atoms with van der Waals surface area (Å²) < 4.78 is 12.7. The Kier molecular flexibility index (Phi) is 11.5. The van der Waals surface area contributed by atoms with Crippen LogP contribution in [0.25, 0.3) is 0 Å². The molecule has 0 aromatic heterocycles. The molecule has 0 amide bonds. The fourth-order valence-corrected chi connectivity index (χ4v) is 7.91. The summed E-state index contributed by atoms with van der Waals surface area (Å²) >= 11 is 0. The first-order valence-corrected chi connectivity index (χ1v) is 18.6. The summed E-state index contributed by atoms with van der Waals surface area (Å²) in [6.07, 6.45) is 13.6. The zero-order valence-corrected chi connectivity index (χ0v) is 29.3. The zero-order valence-electron chi connectivity index (χ0n) is 29.3. The Bertz CT molecular complexity index is 1230. The van der Waals surface area contributed by atoms with Crippen molar-refractivity contribution in [2.24, 2.45) is 5.92 Å². The highest BCUT2D eigenvalue weighted by Gasteiger charge is 2.35. The lowest BCUT2D eigenvalue weighted by Gasteiger charge is -2.35. The van der Waals surface area contributed by atoms with Crippen LogP contribution in [0.3, 0.4) is 0 Å². The van der Waals surface area contributed by atoms with Crippen LogP contribution >= 0.6 is 0 Å². The van der Waals surface area contributed by atoms with Gasteiger partial charge in [-0.15, -0.1) is 0 Å². The molecule has 0 bridgehead atoms. The molecule has 5 aliphatic rings. The molecule has 0 unspecified atom stereocenters. The predicted octanol–water partition coefficient (Wildman–Crippen LogP) is 5.81. The van der Waals surface area contributed by atoms with E-state index < -0.39 is 0 Å². The first-order valence-electron chi connectivity index (χ1n) is 18.6. The lowest BCUT2D eigenvalue weighted by Crippen LogP contribution is -2.49. The quantitative estimate of drug-likeness (QED) is 0.109. The van der Waals surface area contributed by atoms with Crippen molar-refractivity contribution < 1.29 is 19.1 Å². The van der Waals surface area contributed by atoms with E-state index in [-0.39, 0.29) is 36.9 Å². The standard InChI is InChI=1S/C39H58N4O4/c1-5-6-7-8-30-24-35(46-37(44)26-40-15-19-42(20-16-40)31-10-11-31)39(34-23-29(4)9-14-33(34)28(2)3)36(25-30)47-38(45)27-41-17-21-43(22-18-41)32-12-13-32/h23-25,31-34H,2,5-22,26-27H2,1,3-4H3/t33-,34+/m0/s1. The van der Waals surface area contributed by atoms with E-state index in [0.29, 0.717) is 11.5 Å². The summed E-state index contributed by atoms with van der Waals surface area (Å²) in [5.74, 6) is 0.690. The number of carbonyl (C=O) groups is 2. The van der Waals surface area contributed by atoms with Crippen molar-refractivity contribution in [2.75, 3.05) is 65.4 Å². The third-order valence-corrected chi connectivity index (χ3v) is 11.0. The van der Waals surface area contributed by atoms with Gasteiger partial charge in [-0.05, 0) is 88.8 Å². The van der Waals surface area contributed by atoms with Crippen molar-refractivity contribution in [3.8, 4) is 11.5 Å². The van der Waals surface area contributed by atoms with Crippen molar-refractivity contribution in [1.29, 1.82) is 0 Å². The second-order valence-corrected chi connectivity index (χ2v) is 15.0. The van der Waals surface area contributed by atoms with E-state index in [1.165, 1.54) is 31.3 Å². The maximum absolute atomic E-state index is 13.6. The van der Waals surface area contributed by atoms with E-state index in [1.54, 1.807) is 0 Å². The van der Waals surface area contributed by atoms with Crippen LogP contribution in [-0.4, -0.2) is 109 Å². The molecule has 0 radical (unpaired) electrons. The molecule has 2 heterocycles. The first-order chi connectivity index (χ1) is 22.8. The van der Waals surface area contributed by atoms with Gasteiger partial charge in [-0.3, -0.25) is 29.2 Å². The summed E-state index contributed by atoms with van der Waals surface area (Å²) in [4.78, 5) is 36.8. The number of nitrogens with zero attached hydrogens (tertiary/aromatic N) is 4. The van der Waals surface area contributed by atoms with Crippen LogP contribution in [0.5, 0.6) is 11.5 Å². The number of aryl methyl sites for hydroxylation is 1. The minimum Gasteiger partial charge on any atom is -0.425 e. The van der Waals surface area contributed by atoms with Crippen LogP contribution in [0, 0.1) is 5.92 Å². The number of carbonyl (C=O) groups excluding carboxylic acids is 2. The number of allylic oxidation sites excluding steroid dienone is 3. The van der Waals surface area contributed by atoms with Crippen molar-refractivity contribution in [1.82, 2.24) is 19.6 Å². The number of unbranched alkanes of at least 4 members (excludes halogenated alkanes) is 2. The summed E-state index contributed by atoms with van der Waals surface area (Å²) in [6, 6.07) is 5.61. The van der Waals surface area contributed by atoms with Gasteiger partial charge < -0.3 is 9.47 Å². The minimum absolute atomic E-state index is 0.0827. The average Bonchev–Trinajstić information content (AvgIpc) is 3.96. The Labute approximate surface area is 283 Å². The van der Waals surface area contributed by atoms with Crippen LogP contribution in [0.1, 0.15) is 95.6 Å². The molecule has 258 valence electrons. The lowest BCUT2D eigenvalue weighted by atomic mass is 9.73. The van der Waals surface area contributed by atoms with Gasteiger partial charge in [0.15, 0.2) is 0 Å². The second-order valence-electron chi connectivity index (χ2n) is 15.0. The molecule has 47 heavy (non-hydrogen) atoms. The molecule has 2 atom stereocenters. The fourth-order valence-electron chi connectivity index (χ4n) is 7.91. The smallest absolute Gasteiger partial charge is 0.325 e. The van der Waals surface area contributed by atoms with Crippen LogP contribution < -0.4 is 9.47 Å². The Morgan fingerprint density at radius 1 is 0.787 bits per heavy atom. The lowest BCUT2D eigenvalue weighted by molar-refractivity contribution is -0.136. The molecule has 4 fully saturated rings. The first kappa shape index (κ1) is 34.3. The normalized spacial score (nSPS) is 25.0. The molecule has 2 saturated heterocycles. The molecule has 6 rings (SSSR count). The van der Waals surface area contributed by atoms with Gasteiger partial charge in [0.1, 0.15) is 11.5 Å². The second kappa shape index (κ2) is 15.8. The Balaban J connectivity index is 1.25. The molecule has 0 N–H and O–H groups in total. The Morgan fingerprint density at radius 2 is 1.30 bits per heavy atom. The van der Waals surface area contributed by atoms with Gasteiger partial charge in [-0.1, -0.05) is 43.6 Å². The van der Waals surface area contributed by atoms with E-state index in [0.717, 1.165) is 120 Å². The number of ether oxygens (including phenoxy) is 2.